The molecule has 1 N–H and O–H groups in total. The van der Waals surface area contributed by atoms with Gasteiger partial charge in [0.2, 0.25) is 11.8 Å². The summed E-state index contributed by atoms with van der Waals surface area (Å²) >= 11 is 0. The average Bonchev–Trinajstić information content (AvgIpc) is 3.15. The van der Waals surface area contributed by atoms with Crippen LogP contribution < -0.4 is 9.64 Å². The highest BCUT2D eigenvalue weighted by atomic mass is 16.5. The number of methoxy groups -OCH3 is 1. The van der Waals surface area contributed by atoms with Crippen molar-refractivity contribution < 1.29 is 24.2 Å². The number of imide groups is 1. The van der Waals surface area contributed by atoms with E-state index < -0.39 is 16.8 Å². The third-order valence-electron chi connectivity index (χ3n) is 11.5. The molecule has 198 valence electrons. The smallest absolute Gasteiger partial charge is 0.309 e. The molecule has 7 rings (SSSR count). The second kappa shape index (κ2) is 7.94. The van der Waals surface area contributed by atoms with Gasteiger partial charge in [-0.3, -0.25) is 19.3 Å². The number of carboxylic acid groups (broad SMARTS) is 1. The van der Waals surface area contributed by atoms with E-state index in [1.807, 2.05) is 6.92 Å². The second-order valence-electron chi connectivity index (χ2n) is 13.2. The number of fused-ring (bicyclic) bond motifs is 1. The zero-order valence-corrected chi connectivity index (χ0v) is 22.6. The van der Waals surface area contributed by atoms with Crippen molar-refractivity contribution in [2.45, 2.75) is 66.2 Å². The standard InChI is InChI=1S/C31H39NO5/c1-17(2)21-16-31-14-11-22-29(3,12-6-13-30(22,4)28(35)36)23(31)15-20(21)24-25(31)27(34)32(26(24)33)18-7-9-19(37-5)10-8-18/h7-10,16-17,20,22-25H,6,11-15H2,1-5H3,(H,35,36)/t20-,22-,23+,24-,25+,29+,30-,31-/m1/s1. The van der Waals surface area contributed by atoms with Crippen molar-refractivity contribution in [3.8, 4) is 5.75 Å². The first-order chi connectivity index (χ1) is 17.5. The van der Waals surface area contributed by atoms with Gasteiger partial charge in [0.15, 0.2) is 0 Å². The molecule has 2 bridgehead atoms. The van der Waals surface area contributed by atoms with E-state index in [1.165, 1.54) is 10.5 Å². The van der Waals surface area contributed by atoms with Gasteiger partial charge in [0.1, 0.15) is 5.75 Å². The highest BCUT2D eigenvalue weighted by Crippen LogP contribution is 2.74. The summed E-state index contributed by atoms with van der Waals surface area (Å²) in [6.07, 6.45) is 7.47. The fourth-order valence-electron chi connectivity index (χ4n) is 9.94. The van der Waals surface area contributed by atoms with Crippen LogP contribution in [0.3, 0.4) is 0 Å². The maximum Gasteiger partial charge on any atom is 0.309 e. The van der Waals surface area contributed by atoms with Crippen LogP contribution in [0.5, 0.6) is 5.75 Å². The zero-order chi connectivity index (χ0) is 26.5. The molecule has 8 atom stereocenters. The van der Waals surface area contributed by atoms with E-state index in [4.69, 9.17) is 4.74 Å². The van der Waals surface area contributed by atoms with E-state index in [9.17, 15) is 19.5 Å². The van der Waals surface area contributed by atoms with E-state index in [1.54, 1.807) is 31.4 Å². The summed E-state index contributed by atoms with van der Waals surface area (Å²) in [6, 6.07) is 7.20. The van der Waals surface area contributed by atoms with Crippen LogP contribution in [-0.4, -0.2) is 30.0 Å². The highest BCUT2D eigenvalue weighted by molar-refractivity contribution is 6.23. The van der Waals surface area contributed by atoms with E-state index in [-0.39, 0.29) is 46.8 Å². The van der Waals surface area contributed by atoms with Gasteiger partial charge >= 0.3 is 5.97 Å². The Labute approximate surface area is 219 Å². The van der Waals surface area contributed by atoms with E-state index in [0.717, 1.165) is 32.1 Å². The minimum Gasteiger partial charge on any atom is -0.497 e. The van der Waals surface area contributed by atoms with Crippen LogP contribution in [0.15, 0.2) is 35.9 Å². The molecule has 0 aromatic heterocycles. The van der Waals surface area contributed by atoms with Gasteiger partial charge in [-0.25, -0.2) is 0 Å². The lowest BCUT2D eigenvalue weighted by atomic mass is 9.34. The molecule has 1 heterocycles. The summed E-state index contributed by atoms with van der Waals surface area (Å²) in [6.45, 7) is 8.66. The number of hydrogen-bond donors (Lipinski definition) is 1. The maximum atomic E-state index is 14.3. The number of allylic oxidation sites excluding steroid dienone is 2. The van der Waals surface area contributed by atoms with Crippen LogP contribution in [-0.2, 0) is 14.4 Å². The molecule has 1 aromatic rings. The largest absolute Gasteiger partial charge is 0.497 e. The van der Waals surface area contributed by atoms with Gasteiger partial charge in [-0.2, -0.15) is 0 Å². The zero-order valence-electron chi connectivity index (χ0n) is 22.6. The lowest BCUT2D eigenvalue weighted by Gasteiger charge is -2.68. The number of carboxylic acids is 1. The summed E-state index contributed by atoms with van der Waals surface area (Å²) in [5.74, 6) is -0.213. The Morgan fingerprint density at radius 1 is 1.05 bits per heavy atom. The van der Waals surface area contributed by atoms with Crippen LogP contribution in [0, 0.1) is 51.8 Å². The summed E-state index contributed by atoms with van der Waals surface area (Å²) in [4.78, 5) is 42.3. The van der Waals surface area contributed by atoms with Crippen LogP contribution in [0.2, 0.25) is 0 Å². The van der Waals surface area contributed by atoms with Crippen molar-refractivity contribution in [2.75, 3.05) is 12.0 Å². The first kappa shape index (κ1) is 24.7. The van der Waals surface area contributed by atoms with Crippen LogP contribution in [0.1, 0.15) is 66.2 Å². The molecule has 6 heteroatoms. The Bertz CT molecular complexity index is 1200. The van der Waals surface area contributed by atoms with Crippen molar-refractivity contribution in [1.82, 2.24) is 0 Å². The minimum atomic E-state index is -0.736. The first-order valence-corrected chi connectivity index (χ1v) is 14.0. The maximum absolute atomic E-state index is 14.3. The van der Waals surface area contributed by atoms with Crippen molar-refractivity contribution in [3.05, 3.63) is 35.9 Å². The molecule has 0 unspecified atom stereocenters. The van der Waals surface area contributed by atoms with Crippen molar-refractivity contribution in [3.63, 3.8) is 0 Å². The minimum absolute atomic E-state index is 0.0326. The molecule has 3 saturated carbocycles. The summed E-state index contributed by atoms with van der Waals surface area (Å²) in [7, 11) is 1.60. The molecule has 4 fully saturated rings. The average molecular weight is 506 g/mol. The number of benzene rings is 1. The quantitative estimate of drug-likeness (QED) is 0.419. The number of anilines is 1. The summed E-state index contributed by atoms with van der Waals surface area (Å²) in [5.41, 5.74) is 0.645. The van der Waals surface area contributed by atoms with Crippen molar-refractivity contribution in [1.29, 1.82) is 0 Å². The van der Waals surface area contributed by atoms with E-state index in [0.29, 0.717) is 23.8 Å². The topological polar surface area (TPSA) is 83.9 Å². The molecule has 5 aliphatic carbocycles. The van der Waals surface area contributed by atoms with Gasteiger partial charge in [-0.15, -0.1) is 0 Å². The lowest BCUT2D eigenvalue weighted by Crippen LogP contribution is -2.65. The highest BCUT2D eigenvalue weighted by Gasteiger charge is 2.73. The Morgan fingerprint density at radius 3 is 2.38 bits per heavy atom. The van der Waals surface area contributed by atoms with Crippen molar-refractivity contribution >= 4 is 23.5 Å². The lowest BCUT2D eigenvalue weighted by molar-refractivity contribution is -0.194. The predicted molar refractivity (Wildman–Crippen MR) is 140 cm³/mol. The fraction of sp³-hybridized carbons (Fsp3) is 0.645. The molecule has 1 aliphatic heterocycles. The number of aliphatic carboxylic acids is 1. The van der Waals surface area contributed by atoms with Gasteiger partial charge in [0.05, 0.1) is 30.0 Å². The third kappa shape index (κ3) is 3.01. The molecule has 1 saturated heterocycles. The number of hydrogen-bond acceptors (Lipinski definition) is 4. The molecule has 2 amide bonds. The third-order valence-corrected chi connectivity index (χ3v) is 11.5. The second-order valence-corrected chi connectivity index (χ2v) is 13.2. The summed E-state index contributed by atoms with van der Waals surface area (Å²) in [5, 5.41) is 10.3. The molecule has 1 aromatic carbocycles. The Morgan fingerprint density at radius 2 is 1.76 bits per heavy atom. The van der Waals surface area contributed by atoms with E-state index in [2.05, 4.69) is 26.8 Å². The van der Waals surface area contributed by atoms with Gasteiger partial charge in [-0.1, -0.05) is 38.8 Å². The first-order valence-electron chi connectivity index (χ1n) is 14.0. The number of ether oxygens (including phenoxy) is 1. The van der Waals surface area contributed by atoms with Gasteiger partial charge in [0, 0.05) is 5.41 Å². The summed E-state index contributed by atoms with van der Waals surface area (Å²) < 4.78 is 5.29. The molecular formula is C31H39NO5. The normalized spacial score (nSPS) is 42.3. The van der Waals surface area contributed by atoms with Gasteiger partial charge < -0.3 is 9.84 Å². The number of carbonyl (C=O) groups is 3. The molecule has 1 spiro atoms. The number of carbonyl (C=O) groups excluding carboxylic acids is 2. The molecule has 0 radical (unpaired) electrons. The SMILES string of the molecule is COc1ccc(N2C(=O)[C@@H]3[C@@H]4C[C@H]5[C@@]6(C)CCC[C@@](C)(C(=O)O)[C@@H]6CC[C@]5(C=C4C(C)C)[C@@H]3C2=O)cc1. The Kier molecular flexibility index (Phi) is 5.30. The molecule has 37 heavy (non-hydrogen) atoms. The molecular weight excluding hydrogens is 466 g/mol. The Balaban J connectivity index is 1.47. The van der Waals surface area contributed by atoms with Gasteiger partial charge in [0.25, 0.3) is 0 Å². The fourth-order valence-corrected chi connectivity index (χ4v) is 9.94. The number of rotatable bonds is 4. The number of nitrogens with zero attached hydrogens (tertiary/aromatic N) is 1. The van der Waals surface area contributed by atoms with Gasteiger partial charge in [-0.05, 0) is 92.4 Å². The van der Waals surface area contributed by atoms with Crippen molar-refractivity contribution in [2.24, 2.45) is 51.8 Å². The van der Waals surface area contributed by atoms with Crippen LogP contribution >= 0.6 is 0 Å². The predicted octanol–water partition coefficient (Wildman–Crippen LogP) is 5.71. The van der Waals surface area contributed by atoms with E-state index >= 15 is 0 Å². The van der Waals surface area contributed by atoms with Crippen LogP contribution in [0.4, 0.5) is 5.69 Å². The Hall–Kier alpha value is -2.63. The molecule has 6 aliphatic rings. The van der Waals surface area contributed by atoms with Crippen LogP contribution in [0.25, 0.3) is 0 Å². The molecule has 6 nitrogen and oxygen atoms in total. The monoisotopic (exact) mass is 505 g/mol. The number of amides is 2.